The average molecular weight is 307 g/mol. The predicted octanol–water partition coefficient (Wildman–Crippen LogP) is 5.28. The van der Waals surface area contributed by atoms with Crippen molar-refractivity contribution in [1.29, 1.82) is 0 Å². The quantitative estimate of drug-likeness (QED) is 0.763. The SMILES string of the molecule is CC(C)(C)NCc1coc2c(Cl)cc(Cl)c(Cl)c12. The Balaban J connectivity index is 2.47. The highest BCUT2D eigenvalue weighted by Crippen LogP contribution is 2.38. The van der Waals surface area contributed by atoms with Crippen LogP contribution in [0.2, 0.25) is 15.1 Å². The van der Waals surface area contributed by atoms with E-state index in [1.807, 2.05) is 0 Å². The van der Waals surface area contributed by atoms with Crippen LogP contribution in [0.3, 0.4) is 0 Å². The molecule has 0 aliphatic carbocycles. The number of fused-ring (bicyclic) bond motifs is 1. The predicted molar refractivity (Wildman–Crippen MR) is 77.8 cm³/mol. The van der Waals surface area contributed by atoms with E-state index in [2.05, 4.69) is 26.1 Å². The standard InChI is InChI=1S/C13H14Cl3NO/c1-13(2,3)17-5-7-6-18-12-9(15)4-8(14)11(16)10(7)12/h4,6,17H,5H2,1-3H3. The molecule has 2 aromatic rings. The second-order valence-corrected chi connectivity index (χ2v) is 6.42. The van der Waals surface area contributed by atoms with Crippen molar-refractivity contribution in [1.82, 2.24) is 5.32 Å². The highest BCUT2D eigenvalue weighted by molar-refractivity contribution is 6.47. The Hall–Kier alpha value is -0.410. The zero-order valence-corrected chi connectivity index (χ0v) is 12.7. The van der Waals surface area contributed by atoms with Crippen LogP contribution < -0.4 is 5.32 Å². The summed E-state index contributed by atoms with van der Waals surface area (Å²) < 4.78 is 5.47. The molecule has 0 unspecified atom stereocenters. The Labute approximate surface area is 121 Å². The van der Waals surface area contributed by atoms with Gasteiger partial charge in [-0.1, -0.05) is 34.8 Å². The van der Waals surface area contributed by atoms with Crippen molar-refractivity contribution >= 4 is 45.8 Å². The molecule has 5 heteroatoms. The summed E-state index contributed by atoms with van der Waals surface area (Å²) in [6.45, 7) is 6.93. The molecule has 0 saturated heterocycles. The highest BCUT2D eigenvalue weighted by Gasteiger charge is 2.17. The average Bonchev–Trinajstić information content (AvgIpc) is 2.66. The van der Waals surface area contributed by atoms with Crippen LogP contribution in [0.25, 0.3) is 11.0 Å². The molecule has 0 spiro atoms. The van der Waals surface area contributed by atoms with Gasteiger partial charge >= 0.3 is 0 Å². The minimum Gasteiger partial charge on any atom is -0.462 e. The maximum atomic E-state index is 6.22. The van der Waals surface area contributed by atoms with Gasteiger partial charge in [0.2, 0.25) is 0 Å². The second-order valence-electron chi connectivity index (χ2n) is 5.22. The Morgan fingerprint density at radius 3 is 2.44 bits per heavy atom. The number of halogens is 3. The molecule has 1 N–H and O–H groups in total. The first-order chi connectivity index (χ1) is 8.29. The molecular formula is C13H14Cl3NO. The number of benzene rings is 1. The van der Waals surface area contributed by atoms with Gasteiger partial charge in [-0.3, -0.25) is 0 Å². The molecule has 1 aromatic heterocycles. The Morgan fingerprint density at radius 2 is 1.83 bits per heavy atom. The summed E-state index contributed by atoms with van der Waals surface area (Å²) in [6, 6.07) is 1.60. The van der Waals surface area contributed by atoms with Gasteiger partial charge in [0.25, 0.3) is 0 Å². The molecule has 98 valence electrons. The summed E-state index contributed by atoms with van der Waals surface area (Å²) in [6.07, 6.45) is 1.66. The summed E-state index contributed by atoms with van der Waals surface area (Å²) in [5.41, 5.74) is 1.55. The van der Waals surface area contributed by atoms with Crippen molar-refractivity contribution in [2.45, 2.75) is 32.9 Å². The summed E-state index contributed by atoms with van der Waals surface area (Å²) >= 11 is 18.3. The molecule has 0 aliphatic rings. The minimum atomic E-state index is 0.0123. The summed E-state index contributed by atoms with van der Waals surface area (Å²) in [4.78, 5) is 0. The molecular weight excluding hydrogens is 293 g/mol. The van der Waals surface area contributed by atoms with Crippen LogP contribution in [-0.4, -0.2) is 5.54 Å². The lowest BCUT2D eigenvalue weighted by molar-refractivity contribution is 0.423. The van der Waals surface area contributed by atoms with Gasteiger partial charge in [0.15, 0.2) is 5.58 Å². The fourth-order valence-corrected chi connectivity index (χ4v) is 2.43. The number of furan rings is 1. The van der Waals surface area contributed by atoms with E-state index in [4.69, 9.17) is 39.2 Å². The second kappa shape index (κ2) is 4.93. The monoisotopic (exact) mass is 305 g/mol. The molecule has 18 heavy (non-hydrogen) atoms. The molecule has 0 atom stereocenters. The number of hydrogen-bond acceptors (Lipinski definition) is 2. The van der Waals surface area contributed by atoms with Gasteiger partial charge in [0, 0.05) is 23.0 Å². The van der Waals surface area contributed by atoms with E-state index < -0.39 is 0 Å². The smallest absolute Gasteiger partial charge is 0.154 e. The lowest BCUT2D eigenvalue weighted by Crippen LogP contribution is -2.34. The van der Waals surface area contributed by atoms with Gasteiger partial charge in [-0.25, -0.2) is 0 Å². The maximum Gasteiger partial charge on any atom is 0.154 e. The lowest BCUT2D eigenvalue weighted by atomic mass is 10.1. The van der Waals surface area contributed by atoms with Crippen LogP contribution in [-0.2, 0) is 6.54 Å². The van der Waals surface area contributed by atoms with Gasteiger partial charge in [-0.15, -0.1) is 0 Å². The summed E-state index contributed by atoms with van der Waals surface area (Å²) in [5, 5.41) is 5.55. The fourth-order valence-electron chi connectivity index (χ4n) is 1.66. The molecule has 0 amide bonds. The molecule has 0 aliphatic heterocycles. The molecule has 0 bridgehead atoms. The maximum absolute atomic E-state index is 6.22. The third-order valence-electron chi connectivity index (χ3n) is 2.58. The largest absolute Gasteiger partial charge is 0.462 e. The van der Waals surface area contributed by atoms with Crippen molar-refractivity contribution in [2.24, 2.45) is 0 Å². The van der Waals surface area contributed by atoms with E-state index in [9.17, 15) is 0 Å². The number of hydrogen-bond donors (Lipinski definition) is 1. The van der Waals surface area contributed by atoms with Crippen molar-refractivity contribution in [3.05, 3.63) is 33.0 Å². The van der Waals surface area contributed by atoms with Crippen LogP contribution in [0.15, 0.2) is 16.7 Å². The van der Waals surface area contributed by atoms with E-state index in [1.165, 1.54) is 0 Å². The van der Waals surface area contributed by atoms with Gasteiger partial charge in [-0.2, -0.15) is 0 Å². The van der Waals surface area contributed by atoms with Crippen LogP contribution in [0.4, 0.5) is 0 Å². The molecule has 0 radical (unpaired) electrons. The van der Waals surface area contributed by atoms with Crippen molar-refractivity contribution < 1.29 is 4.42 Å². The Morgan fingerprint density at radius 1 is 1.17 bits per heavy atom. The van der Waals surface area contributed by atoms with E-state index in [1.54, 1.807) is 12.3 Å². The van der Waals surface area contributed by atoms with E-state index >= 15 is 0 Å². The Bertz CT molecular complexity index is 584. The molecule has 0 fully saturated rings. The lowest BCUT2D eigenvalue weighted by Gasteiger charge is -2.20. The third-order valence-corrected chi connectivity index (χ3v) is 3.64. The number of nitrogens with one attached hydrogen (secondary N) is 1. The minimum absolute atomic E-state index is 0.0123. The zero-order chi connectivity index (χ0) is 13.5. The van der Waals surface area contributed by atoms with E-state index in [0.717, 1.165) is 10.9 Å². The molecule has 2 rings (SSSR count). The fraction of sp³-hybridized carbons (Fsp3) is 0.385. The first kappa shape index (κ1) is 14.0. The van der Waals surface area contributed by atoms with Crippen molar-refractivity contribution in [3.8, 4) is 0 Å². The van der Waals surface area contributed by atoms with E-state index in [0.29, 0.717) is 27.2 Å². The normalized spacial score (nSPS) is 12.3. The first-order valence-electron chi connectivity index (χ1n) is 5.58. The van der Waals surface area contributed by atoms with Gasteiger partial charge in [0.1, 0.15) is 0 Å². The number of rotatable bonds is 2. The van der Waals surface area contributed by atoms with Gasteiger partial charge < -0.3 is 9.73 Å². The highest BCUT2D eigenvalue weighted by atomic mass is 35.5. The van der Waals surface area contributed by atoms with Crippen LogP contribution in [0.5, 0.6) is 0 Å². The first-order valence-corrected chi connectivity index (χ1v) is 6.71. The summed E-state index contributed by atoms with van der Waals surface area (Å²) in [7, 11) is 0. The zero-order valence-electron chi connectivity index (χ0n) is 10.4. The van der Waals surface area contributed by atoms with Crippen LogP contribution >= 0.6 is 34.8 Å². The Kier molecular flexibility index (Phi) is 3.84. The van der Waals surface area contributed by atoms with E-state index in [-0.39, 0.29) is 5.54 Å². The van der Waals surface area contributed by atoms with Crippen LogP contribution in [0.1, 0.15) is 26.3 Å². The molecule has 1 heterocycles. The summed E-state index contributed by atoms with van der Waals surface area (Å²) in [5.74, 6) is 0. The van der Waals surface area contributed by atoms with Gasteiger partial charge in [0.05, 0.1) is 21.3 Å². The van der Waals surface area contributed by atoms with Crippen LogP contribution in [0, 0.1) is 0 Å². The van der Waals surface area contributed by atoms with Crippen molar-refractivity contribution in [3.63, 3.8) is 0 Å². The molecule has 1 aromatic carbocycles. The van der Waals surface area contributed by atoms with Crippen molar-refractivity contribution in [2.75, 3.05) is 0 Å². The molecule has 0 saturated carbocycles. The third kappa shape index (κ3) is 2.77. The topological polar surface area (TPSA) is 25.2 Å². The van der Waals surface area contributed by atoms with Gasteiger partial charge in [-0.05, 0) is 26.8 Å². The molecule has 2 nitrogen and oxygen atoms in total.